The summed E-state index contributed by atoms with van der Waals surface area (Å²) < 4.78 is 43.0. The van der Waals surface area contributed by atoms with Crippen molar-refractivity contribution in [1.29, 1.82) is 0 Å². The highest BCUT2D eigenvalue weighted by Gasteiger charge is 2.05. The Kier molecular flexibility index (Phi) is 0.918. The lowest BCUT2D eigenvalue weighted by atomic mass is 10.3. The van der Waals surface area contributed by atoms with Crippen molar-refractivity contribution in [2.45, 2.75) is 0 Å². The molecule has 4 nitrogen and oxygen atoms in total. The lowest BCUT2D eigenvalue weighted by molar-refractivity contribution is 0.0690. The molecular formula is C8H10N2O2. The second kappa shape index (κ2) is 3.21. The Labute approximate surface area is 78.9 Å². The third kappa shape index (κ3) is 1.72. The minimum absolute atomic E-state index is 0.131. The quantitative estimate of drug-likeness (QED) is 0.718. The van der Waals surface area contributed by atoms with Gasteiger partial charge in [0.25, 0.3) is 0 Å². The summed E-state index contributed by atoms with van der Waals surface area (Å²) in [7, 11) is 0. The standard InChI is InChI=1S/C8H10N2O2/c1-10(2)7-5-3-4-6(9-7)8(11)12/h3-5H,1-2H3,(H,11,12)/i1D3,2D3. The van der Waals surface area contributed by atoms with Crippen molar-refractivity contribution < 1.29 is 18.1 Å². The summed E-state index contributed by atoms with van der Waals surface area (Å²) in [6.07, 6.45) is 0. The first kappa shape index (κ1) is 3.43. The lowest BCUT2D eigenvalue weighted by Crippen LogP contribution is -2.12. The zero-order valence-corrected chi connectivity index (χ0v) is 5.98. The molecule has 1 aromatic heterocycles. The highest BCUT2D eigenvalue weighted by Crippen LogP contribution is 2.07. The molecule has 0 bridgehead atoms. The molecule has 1 rings (SSSR count). The summed E-state index contributed by atoms with van der Waals surface area (Å²) in [5.74, 6) is -1.80. The van der Waals surface area contributed by atoms with Gasteiger partial charge in [-0.1, -0.05) is 6.07 Å². The number of carboxylic acid groups (broad SMARTS) is 1. The third-order valence-electron chi connectivity index (χ3n) is 1.18. The number of carboxylic acids is 1. The van der Waals surface area contributed by atoms with Gasteiger partial charge >= 0.3 is 5.97 Å². The molecule has 0 saturated carbocycles. The van der Waals surface area contributed by atoms with Crippen LogP contribution in [0.4, 0.5) is 5.82 Å². The summed E-state index contributed by atoms with van der Waals surface area (Å²) >= 11 is 0. The molecule has 0 aliphatic heterocycles. The summed E-state index contributed by atoms with van der Waals surface area (Å²) in [6.45, 7) is -5.90. The molecule has 1 heterocycles. The molecule has 0 radical (unpaired) electrons. The third-order valence-corrected chi connectivity index (χ3v) is 1.18. The lowest BCUT2D eigenvalue weighted by Gasteiger charge is -2.10. The van der Waals surface area contributed by atoms with Gasteiger partial charge in [0, 0.05) is 22.2 Å². The van der Waals surface area contributed by atoms with Crippen molar-refractivity contribution in [1.82, 2.24) is 4.98 Å². The van der Waals surface area contributed by atoms with Crippen LogP contribution in [-0.2, 0) is 0 Å². The summed E-state index contributed by atoms with van der Waals surface area (Å²) in [5.41, 5.74) is -0.425. The smallest absolute Gasteiger partial charge is 0.354 e. The van der Waals surface area contributed by atoms with Crippen LogP contribution in [0.5, 0.6) is 0 Å². The van der Waals surface area contributed by atoms with Crippen LogP contribution in [0.2, 0.25) is 0 Å². The van der Waals surface area contributed by atoms with Crippen molar-refractivity contribution in [3.63, 3.8) is 0 Å². The van der Waals surface area contributed by atoms with Crippen molar-refractivity contribution in [2.75, 3.05) is 18.9 Å². The van der Waals surface area contributed by atoms with Gasteiger partial charge in [0.15, 0.2) is 5.69 Å². The van der Waals surface area contributed by atoms with Crippen LogP contribution in [0, 0.1) is 0 Å². The second-order valence-electron chi connectivity index (χ2n) is 2.02. The first-order valence-electron chi connectivity index (χ1n) is 6.04. The molecule has 0 saturated heterocycles. The second-order valence-corrected chi connectivity index (χ2v) is 2.02. The van der Waals surface area contributed by atoms with Gasteiger partial charge in [-0.05, 0) is 12.1 Å². The number of pyridine rings is 1. The Hall–Kier alpha value is -1.58. The SMILES string of the molecule is [2H]C([2H])([2H])N(c1cccc(C(=O)O)n1)C([2H])([2H])[2H]. The zero-order chi connectivity index (χ0) is 14.1. The van der Waals surface area contributed by atoms with E-state index < -0.39 is 31.4 Å². The predicted molar refractivity (Wildman–Crippen MR) is 45.5 cm³/mol. The van der Waals surface area contributed by atoms with Crippen LogP contribution in [0.3, 0.4) is 0 Å². The maximum Gasteiger partial charge on any atom is 0.354 e. The number of rotatable bonds is 2. The molecule has 12 heavy (non-hydrogen) atoms. The van der Waals surface area contributed by atoms with E-state index in [0.29, 0.717) is 0 Å². The minimum atomic E-state index is -2.95. The van der Waals surface area contributed by atoms with Gasteiger partial charge < -0.3 is 10.0 Å². The van der Waals surface area contributed by atoms with Crippen molar-refractivity contribution in [3.05, 3.63) is 23.9 Å². The summed E-state index contributed by atoms with van der Waals surface area (Å²) in [4.78, 5) is 14.4. The van der Waals surface area contributed by atoms with Gasteiger partial charge in [-0.15, -0.1) is 0 Å². The maximum absolute atomic E-state index is 10.7. The zero-order valence-electron chi connectivity index (χ0n) is 12.0. The Balaban J connectivity index is 3.31. The van der Waals surface area contributed by atoms with E-state index >= 15 is 0 Å². The van der Waals surface area contributed by atoms with E-state index in [1.807, 2.05) is 0 Å². The van der Waals surface area contributed by atoms with E-state index in [2.05, 4.69) is 4.98 Å². The molecule has 64 valence electrons. The molecule has 0 spiro atoms. The number of carbonyl (C=O) groups is 1. The van der Waals surface area contributed by atoms with Crippen molar-refractivity contribution >= 4 is 11.8 Å². The highest BCUT2D eigenvalue weighted by molar-refractivity contribution is 5.85. The Morgan fingerprint density at radius 3 is 3.00 bits per heavy atom. The first-order chi connectivity index (χ1) is 8.03. The molecule has 0 fully saturated rings. The van der Waals surface area contributed by atoms with Gasteiger partial charge in [0.05, 0.1) is 0 Å². The fraction of sp³-hybridized carbons (Fsp3) is 0.250. The van der Waals surface area contributed by atoms with E-state index in [0.717, 1.165) is 12.1 Å². The minimum Gasteiger partial charge on any atom is -0.477 e. The van der Waals surface area contributed by atoms with Gasteiger partial charge in [-0.2, -0.15) is 0 Å². The fourth-order valence-corrected chi connectivity index (χ4v) is 0.667. The van der Waals surface area contributed by atoms with Crippen molar-refractivity contribution in [2.24, 2.45) is 0 Å². The van der Waals surface area contributed by atoms with Gasteiger partial charge in [0.1, 0.15) is 5.82 Å². The Morgan fingerprint density at radius 2 is 2.42 bits per heavy atom. The van der Waals surface area contributed by atoms with Gasteiger partial charge in [-0.25, -0.2) is 9.78 Å². The molecule has 0 atom stereocenters. The number of nitrogens with zero attached hydrogens (tertiary/aromatic N) is 2. The topological polar surface area (TPSA) is 53.4 Å². The van der Waals surface area contributed by atoms with Crippen LogP contribution in [-0.4, -0.2) is 30.0 Å². The molecule has 0 aliphatic rings. The number of aromatic nitrogens is 1. The fourth-order valence-electron chi connectivity index (χ4n) is 0.667. The monoisotopic (exact) mass is 172 g/mol. The van der Waals surface area contributed by atoms with Crippen LogP contribution in [0.1, 0.15) is 18.7 Å². The Bertz CT molecular complexity index is 442. The van der Waals surface area contributed by atoms with Crippen LogP contribution < -0.4 is 4.90 Å². The molecule has 0 aliphatic carbocycles. The van der Waals surface area contributed by atoms with Crippen molar-refractivity contribution in [3.8, 4) is 0 Å². The largest absolute Gasteiger partial charge is 0.477 e. The molecule has 4 heteroatoms. The number of hydrogen-bond acceptors (Lipinski definition) is 3. The number of hydrogen-bond donors (Lipinski definition) is 1. The summed E-state index contributed by atoms with van der Waals surface area (Å²) in [6, 6.07) is 3.50. The van der Waals surface area contributed by atoms with Crippen LogP contribution >= 0.6 is 0 Å². The number of aromatic carboxylic acids is 1. The maximum atomic E-state index is 10.7. The van der Waals surface area contributed by atoms with E-state index in [1.165, 1.54) is 6.07 Å². The number of anilines is 1. The van der Waals surface area contributed by atoms with E-state index in [1.54, 1.807) is 0 Å². The molecular weight excluding hydrogens is 156 g/mol. The summed E-state index contributed by atoms with van der Waals surface area (Å²) in [5, 5.41) is 8.73. The van der Waals surface area contributed by atoms with Gasteiger partial charge in [-0.3, -0.25) is 0 Å². The van der Waals surface area contributed by atoms with Crippen LogP contribution in [0.15, 0.2) is 18.2 Å². The molecule has 0 amide bonds. The highest BCUT2D eigenvalue weighted by atomic mass is 16.4. The van der Waals surface area contributed by atoms with Gasteiger partial charge in [0.2, 0.25) is 0 Å². The molecule has 0 aromatic carbocycles. The Morgan fingerprint density at radius 1 is 1.67 bits per heavy atom. The van der Waals surface area contributed by atoms with E-state index in [4.69, 9.17) is 13.3 Å². The molecule has 0 unspecified atom stereocenters. The van der Waals surface area contributed by atoms with Crippen LogP contribution in [0.25, 0.3) is 0 Å². The van der Waals surface area contributed by atoms with E-state index in [-0.39, 0.29) is 4.90 Å². The molecule has 1 N–H and O–H groups in total. The predicted octanol–water partition coefficient (Wildman–Crippen LogP) is 0.846. The average Bonchev–Trinajstić information content (AvgIpc) is 2.13. The average molecular weight is 172 g/mol. The molecule has 1 aromatic rings. The van der Waals surface area contributed by atoms with E-state index in [9.17, 15) is 4.79 Å². The normalized spacial score (nSPS) is 19.0. The first-order valence-corrected chi connectivity index (χ1v) is 3.04.